The lowest BCUT2D eigenvalue weighted by atomic mass is 10.1. The number of carbonyl (C=O) groups is 2. The minimum Gasteiger partial charge on any atom is -0.356 e. The van der Waals surface area contributed by atoms with Crippen LogP contribution in [0.4, 0.5) is 15.8 Å². The van der Waals surface area contributed by atoms with Crippen molar-refractivity contribution in [2.24, 2.45) is 0 Å². The van der Waals surface area contributed by atoms with Gasteiger partial charge in [-0.15, -0.1) is 0 Å². The van der Waals surface area contributed by atoms with Gasteiger partial charge < -0.3 is 5.32 Å². The summed E-state index contributed by atoms with van der Waals surface area (Å²) < 4.78 is 13.0. The van der Waals surface area contributed by atoms with Crippen molar-refractivity contribution in [2.45, 2.75) is 6.54 Å². The summed E-state index contributed by atoms with van der Waals surface area (Å²) in [5, 5.41) is 3.10. The van der Waals surface area contributed by atoms with Gasteiger partial charge in [0, 0.05) is 23.8 Å². The molecule has 1 N–H and O–H groups in total. The summed E-state index contributed by atoms with van der Waals surface area (Å²) in [5.41, 5.74) is 2.86. The summed E-state index contributed by atoms with van der Waals surface area (Å²) >= 11 is 0. The van der Waals surface area contributed by atoms with Crippen molar-refractivity contribution < 1.29 is 14.0 Å². The Balaban J connectivity index is 1.58. The highest BCUT2D eigenvalue weighted by Gasteiger charge is 2.35. The van der Waals surface area contributed by atoms with Gasteiger partial charge >= 0.3 is 0 Å². The van der Waals surface area contributed by atoms with Gasteiger partial charge in [-0.2, -0.15) is 0 Å². The SMILES string of the molecule is O=C1c2ccc(Nc3ccc(F)cc3)cc2C(=O)N1Cc1cccnc1. The molecular formula is C20H14FN3O2. The predicted molar refractivity (Wildman–Crippen MR) is 94.6 cm³/mol. The van der Waals surface area contributed by atoms with Gasteiger partial charge in [-0.3, -0.25) is 19.5 Å². The van der Waals surface area contributed by atoms with Gasteiger partial charge in [0.15, 0.2) is 0 Å². The molecule has 26 heavy (non-hydrogen) atoms. The Bertz CT molecular complexity index is 988. The predicted octanol–water partition coefficient (Wildman–Crippen LogP) is 3.76. The van der Waals surface area contributed by atoms with Gasteiger partial charge in [-0.25, -0.2) is 4.39 Å². The van der Waals surface area contributed by atoms with Crippen LogP contribution < -0.4 is 5.32 Å². The number of benzene rings is 2. The fourth-order valence-corrected chi connectivity index (χ4v) is 2.89. The Hall–Kier alpha value is -3.54. The fourth-order valence-electron chi connectivity index (χ4n) is 2.89. The van der Waals surface area contributed by atoms with Gasteiger partial charge in [0.2, 0.25) is 0 Å². The van der Waals surface area contributed by atoms with E-state index in [9.17, 15) is 14.0 Å². The average Bonchev–Trinajstić information content (AvgIpc) is 2.89. The summed E-state index contributed by atoms with van der Waals surface area (Å²) in [7, 11) is 0. The average molecular weight is 347 g/mol. The van der Waals surface area contributed by atoms with Crippen molar-refractivity contribution in [2.75, 3.05) is 5.32 Å². The number of hydrogen-bond donors (Lipinski definition) is 1. The molecule has 2 aromatic carbocycles. The molecule has 1 aliphatic rings. The van der Waals surface area contributed by atoms with Crippen LogP contribution in [-0.2, 0) is 6.54 Å². The lowest BCUT2D eigenvalue weighted by Crippen LogP contribution is -2.29. The molecule has 2 heterocycles. The summed E-state index contributed by atoms with van der Waals surface area (Å²) in [6.07, 6.45) is 3.27. The standard InChI is InChI=1S/C20H14FN3O2/c21-14-3-5-15(6-4-14)23-16-7-8-17-18(10-16)20(26)24(19(17)25)12-13-2-1-9-22-11-13/h1-11,23H,12H2. The molecule has 3 aromatic rings. The molecular weight excluding hydrogens is 333 g/mol. The number of nitrogens with zero attached hydrogens (tertiary/aromatic N) is 2. The first-order valence-corrected chi connectivity index (χ1v) is 8.03. The second kappa shape index (κ2) is 6.40. The Morgan fingerprint density at radius 1 is 0.923 bits per heavy atom. The molecule has 0 spiro atoms. The highest BCUT2D eigenvalue weighted by atomic mass is 19.1. The molecule has 1 aromatic heterocycles. The van der Waals surface area contributed by atoms with Gasteiger partial charge in [-0.05, 0) is 54.1 Å². The zero-order chi connectivity index (χ0) is 18.1. The van der Waals surface area contributed by atoms with Crippen LogP contribution in [0.3, 0.4) is 0 Å². The van der Waals surface area contributed by atoms with Gasteiger partial charge in [-0.1, -0.05) is 6.07 Å². The number of anilines is 2. The van der Waals surface area contributed by atoms with Crippen molar-refractivity contribution in [3.05, 3.63) is 89.5 Å². The van der Waals surface area contributed by atoms with Gasteiger partial charge in [0.25, 0.3) is 11.8 Å². The molecule has 128 valence electrons. The lowest BCUT2D eigenvalue weighted by Gasteiger charge is -2.13. The van der Waals surface area contributed by atoms with Crippen LogP contribution in [-0.4, -0.2) is 21.7 Å². The highest BCUT2D eigenvalue weighted by molar-refractivity contribution is 6.21. The van der Waals surface area contributed by atoms with Crippen LogP contribution in [0.1, 0.15) is 26.3 Å². The van der Waals surface area contributed by atoms with Crippen LogP contribution in [0, 0.1) is 5.82 Å². The third-order valence-corrected chi connectivity index (χ3v) is 4.17. The maximum Gasteiger partial charge on any atom is 0.261 e. The molecule has 1 aliphatic heterocycles. The van der Waals surface area contributed by atoms with Crippen LogP contribution in [0.2, 0.25) is 0 Å². The van der Waals surface area contributed by atoms with E-state index in [0.717, 1.165) is 5.56 Å². The number of pyridine rings is 1. The number of aromatic nitrogens is 1. The van der Waals surface area contributed by atoms with Gasteiger partial charge in [0.05, 0.1) is 17.7 Å². The van der Waals surface area contributed by atoms with E-state index in [4.69, 9.17) is 0 Å². The van der Waals surface area contributed by atoms with Crippen LogP contribution in [0.15, 0.2) is 67.0 Å². The minimum absolute atomic E-state index is 0.181. The fraction of sp³-hybridized carbons (Fsp3) is 0.0500. The van der Waals surface area contributed by atoms with E-state index in [1.165, 1.54) is 17.0 Å². The number of carbonyl (C=O) groups excluding carboxylic acids is 2. The zero-order valence-electron chi connectivity index (χ0n) is 13.6. The maximum absolute atomic E-state index is 13.0. The van der Waals surface area contributed by atoms with Gasteiger partial charge in [0.1, 0.15) is 5.82 Å². The first-order valence-electron chi connectivity index (χ1n) is 8.03. The van der Waals surface area contributed by atoms with Crippen molar-refractivity contribution in [3.8, 4) is 0 Å². The van der Waals surface area contributed by atoms with Crippen molar-refractivity contribution in [1.82, 2.24) is 9.88 Å². The molecule has 0 atom stereocenters. The summed E-state index contributed by atoms with van der Waals surface area (Å²) in [5.74, 6) is -0.977. The van der Waals surface area contributed by atoms with E-state index < -0.39 is 0 Å². The van der Waals surface area contributed by atoms with Crippen LogP contribution in [0.5, 0.6) is 0 Å². The number of amides is 2. The quantitative estimate of drug-likeness (QED) is 0.730. The summed E-state index contributed by atoms with van der Waals surface area (Å²) in [4.78, 5) is 30.4. The number of hydrogen-bond acceptors (Lipinski definition) is 4. The van der Waals surface area contributed by atoms with Crippen molar-refractivity contribution >= 4 is 23.2 Å². The number of imide groups is 1. The monoisotopic (exact) mass is 347 g/mol. The number of nitrogens with one attached hydrogen (secondary N) is 1. The highest BCUT2D eigenvalue weighted by Crippen LogP contribution is 2.28. The van der Waals surface area contributed by atoms with E-state index in [1.807, 2.05) is 6.07 Å². The van der Waals surface area contributed by atoms with Crippen LogP contribution >= 0.6 is 0 Å². The van der Waals surface area contributed by atoms with Crippen molar-refractivity contribution in [1.29, 1.82) is 0 Å². The molecule has 0 radical (unpaired) electrons. The first kappa shape index (κ1) is 16.0. The normalized spacial score (nSPS) is 13.0. The molecule has 6 heteroatoms. The Kier molecular flexibility index (Phi) is 3.93. The molecule has 0 saturated heterocycles. The smallest absolute Gasteiger partial charge is 0.261 e. The van der Waals surface area contributed by atoms with E-state index in [1.54, 1.807) is 48.8 Å². The summed E-state index contributed by atoms with van der Waals surface area (Å²) in [6, 6.07) is 14.5. The summed E-state index contributed by atoms with van der Waals surface area (Å²) in [6.45, 7) is 0.181. The lowest BCUT2D eigenvalue weighted by molar-refractivity contribution is 0.0642. The number of rotatable bonds is 4. The second-order valence-corrected chi connectivity index (χ2v) is 5.95. The molecule has 0 aliphatic carbocycles. The zero-order valence-corrected chi connectivity index (χ0v) is 13.6. The third-order valence-electron chi connectivity index (χ3n) is 4.17. The molecule has 0 unspecified atom stereocenters. The second-order valence-electron chi connectivity index (χ2n) is 5.95. The Morgan fingerprint density at radius 2 is 1.65 bits per heavy atom. The largest absolute Gasteiger partial charge is 0.356 e. The molecule has 4 rings (SSSR count). The molecule has 0 bridgehead atoms. The first-order chi connectivity index (χ1) is 12.6. The Morgan fingerprint density at radius 3 is 2.38 bits per heavy atom. The van der Waals surface area contributed by atoms with E-state index in [0.29, 0.717) is 22.5 Å². The molecule has 2 amide bonds. The molecule has 0 saturated carbocycles. The number of halogens is 1. The topological polar surface area (TPSA) is 62.3 Å². The van der Waals surface area contributed by atoms with E-state index in [-0.39, 0.29) is 24.2 Å². The van der Waals surface area contributed by atoms with Crippen LogP contribution in [0.25, 0.3) is 0 Å². The molecule has 0 fully saturated rings. The van der Waals surface area contributed by atoms with E-state index in [2.05, 4.69) is 10.3 Å². The Labute approximate surface area is 149 Å². The van der Waals surface area contributed by atoms with E-state index >= 15 is 0 Å². The maximum atomic E-state index is 13.0. The number of fused-ring (bicyclic) bond motifs is 1. The molecule has 5 nitrogen and oxygen atoms in total. The third kappa shape index (κ3) is 2.93. The van der Waals surface area contributed by atoms with Crippen molar-refractivity contribution in [3.63, 3.8) is 0 Å². The minimum atomic E-state index is -0.336.